The van der Waals surface area contributed by atoms with Crippen molar-refractivity contribution in [3.8, 4) is 0 Å². The normalized spacial score (nSPS) is 12.2. The first-order chi connectivity index (χ1) is 7.15. The van der Waals surface area contributed by atoms with Gasteiger partial charge in [0.2, 0.25) is 0 Å². The third-order valence-corrected chi connectivity index (χ3v) is 2.25. The predicted octanol–water partition coefficient (Wildman–Crippen LogP) is 0.527. The summed E-state index contributed by atoms with van der Waals surface area (Å²) >= 11 is 0. The number of ether oxygens (including phenoxy) is 1. The molecule has 0 spiro atoms. The number of aliphatic hydroxyl groups excluding tert-OH is 1. The molecule has 0 amide bonds. The van der Waals surface area contributed by atoms with Crippen LogP contribution in [0.15, 0.2) is 12.1 Å². The smallest absolute Gasteiger partial charge is 0.328 e. The topological polar surface area (TPSA) is 68.5 Å². The van der Waals surface area contributed by atoms with Crippen LogP contribution < -0.4 is 0 Å². The highest BCUT2D eigenvalue weighted by Gasteiger charge is 2.20. The van der Waals surface area contributed by atoms with Crippen molar-refractivity contribution < 1.29 is 19.4 Å². The lowest BCUT2D eigenvalue weighted by atomic mass is 10.3. The van der Waals surface area contributed by atoms with Gasteiger partial charge in [-0.3, -0.25) is 4.79 Å². The van der Waals surface area contributed by atoms with E-state index in [0.29, 0.717) is 17.7 Å². The van der Waals surface area contributed by atoms with E-state index in [0.717, 1.165) is 0 Å². The van der Waals surface area contributed by atoms with Crippen molar-refractivity contribution in [3.05, 3.63) is 23.5 Å². The summed E-state index contributed by atoms with van der Waals surface area (Å²) in [6.07, 6.45) is 0.638. The fourth-order valence-corrected chi connectivity index (χ4v) is 1.48. The minimum atomic E-state index is -0.618. The van der Waals surface area contributed by atoms with Crippen LogP contribution >= 0.6 is 0 Å². The van der Waals surface area contributed by atoms with Gasteiger partial charge in [0, 0.05) is 5.69 Å². The van der Waals surface area contributed by atoms with Crippen molar-refractivity contribution in [1.29, 1.82) is 0 Å². The monoisotopic (exact) mass is 211 g/mol. The zero-order valence-corrected chi connectivity index (χ0v) is 8.64. The molecule has 0 aromatic carbocycles. The molecule has 1 rings (SSSR count). The number of esters is 1. The predicted molar refractivity (Wildman–Crippen MR) is 52.5 cm³/mol. The standard InChI is InChI=1S/C10H13NO4/c1-7(10(14)15-2)11-8(5-12)3-4-9(11)6-13/h3-5,7,13H,6H2,1-2H3/t7-/m0/s1. The van der Waals surface area contributed by atoms with Crippen LogP contribution in [0, 0.1) is 0 Å². The lowest BCUT2D eigenvalue weighted by Gasteiger charge is -2.15. The summed E-state index contributed by atoms with van der Waals surface area (Å²) in [5.41, 5.74) is 0.854. The first-order valence-electron chi connectivity index (χ1n) is 4.49. The maximum Gasteiger partial charge on any atom is 0.328 e. The number of aldehydes is 1. The molecule has 0 saturated heterocycles. The molecular formula is C10H13NO4. The van der Waals surface area contributed by atoms with Gasteiger partial charge in [-0.1, -0.05) is 0 Å². The number of carbonyl (C=O) groups excluding carboxylic acids is 2. The average Bonchev–Trinajstić information content (AvgIpc) is 2.69. The molecule has 82 valence electrons. The van der Waals surface area contributed by atoms with E-state index in [-0.39, 0.29) is 6.61 Å². The summed E-state index contributed by atoms with van der Waals surface area (Å²) in [7, 11) is 1.28. The number of hydrogen-bond donors (Lipinski definition) is 1. The molecule has 1 atom stereocenters. The summed E-state index contributed by atoms with van der Waals surface area (Å²) in [6.45, 7) is 1.38. The lowest BCUT2D eigenvalue weighted by molar-refractivity contribution is -0.144. The number of nitrogens with zero attached hydrogens (tertiary/aromatic N) is 1. The summed E-state index contributed by atoms with van der Waals surface area (Å²) in [4.78, 5) is 22.0. The molecule has 15 heavy (non-hydrogen) atoms. The van der Waals surface area contributed by atoms with E-state index in [2.05, 4.69) is 4.74 Å². The maximum absolute atomic E-state index is 11.3. The molecule has 0 fully saturated rings. The SMILES string of the molecule is COC(=O)[C@H](C)n1c(C=O)ccc1CO. The van der Waals surface area contributed by atoms with Gasteiger partial charge in [0.1, 0.15) is 6.04 Å². The Balaban J connectivity index is 3.14. The second-order valence-corrected chi connectivity index (χ2v) is 3.09. The van der Waals surface area contributed by atoms with Gasteiger partial charge in [0.25, 0.3) is 0 Å². The van der Waals surface area contributed by atoms with Crippen LogP contribution in [0.2, 0.25) is 0 Å². The van der Waals surface area contributed by atoms with E-state index in [1.54, 1.807) is 19.1 Å². The van der Waals surface area contributed by atoms with Crippen LogP contribution in [0.25, 0.3) is 0 Å². The fourth-order valence-electron chi connectivity index (χ4n) is 1.48. The van der Waals surface area contributed by atoms with Gasteiger partial charge in [0.05, 0.1) is 19.4 Å². The van der Waals surface area contributed by atoms with Crippen LogP contribution in [0.4, 0.5) is 0 Å². The van der Waals surface area contributed by atoms with Gasteiger partial charge in [-0.25, -0.2) is 4.79 Å². The van der Waals surface area contributed by atoms with Crippen LogP contribution in [-0.2, 0) is 16.1 Å². The van der Waals surface area contributed by atoms with Crippen molar-refractivity contribution in [1.82, 2.24) is 4.57 Å². The van der Waals surface area contributed by atoms with E-state index in [1.165, 1.54) is 11.7 Å². The largest absolute Gasteiger partial charge is 0.467 e. The van der Waals surface area contributed by atoms with Crippen molar-refractivity contribution >= 4 is 12.3 Å². The third kappa shape index (κ3) is 2.07. The van der Waals surface area contributed by atoms with Gasteiger partial charge in [-0.15, -0.1) is 0 Å². The Morgan fingerprint density at radius 3 is 2.80 bits per heavy atom. The van der Waals surface area contributed by atoms with Crippen LogP contribution in [0.1, 0.15) is 29.1 Å². The van der Waals surface area contributed by atoms with E-state index >= 15 is 0 Å². The molecule has 5 heteroatoms. The molecule has 1 N–H and O–H groups in total. The second-order valence-electron chi connectivity index (χ2n) is 3.09. The maximum atomic E-state index is 11.3. The Morgan fingerprint density at radius 2 is 2.33 bits per heavy atom. The van der Waals surface area contributed by atoms with Crippen molar-refractivity contribution in [2.75, 3.05) is 7.11 Å². The number of aliphatic hydroxyl groups is 1. The molecule has 1 aromatic rings. The van der Waals surface area contributed by atoms with Gasteiger partial charge < -0.3 is 14.4 Å². The molecule has 0 bridgehead atoms. The Labute approximate surface area is 87.3 Å². The van der Waals surface area contributed by atoms with E-state index < -0.39 is 12.0 Å². The molecular weight excluding hydrogens is 198 g/mol. The van der Waals surface area contributed by atoms with E-state index in [1.807, 2.05) is 0 Å². The summed E-state index contributed by atoms with van der Waals surface area (Å²) in [6, 6.07) is 2.54. The molecule has 0 unspecified atom stereocenters. The molecule has 0 saturated carbocycles. The minimum absolute atomic E-state index is 0.227. The quantitative estimate of drug-likeness (QED) is 0.582. The number of methoxy groups -OCH3 is 1. The third-order valence-electron chi connectivity index (χ3n) is 2.25. The second kappa shape index (κ2) is 4.75. The summed E-state index contributed by atoms with van der Waals surface area (Å²) in [5.74, 6) is -0.455. The lowest BCUT2D eigenvalue weighted by Crippen LogP contribution is -2.21. The summed E-state index contributed by atoms with van der Waals surface area (Å²) < 4.78 is 6.03. The van der Waals surface area contributed by atoms with Crippen LogP contribution in [0.5, 0.6) is 0 Å². The van der Waals surface area contributed by atoms with Crippen molar-refractivity contribution in [2.45, 2.75) is 19.6 Å². The molecule has 0 radical (unpaired) electrons. The number of rotatable bonds is 4. The van der Waals surface area contributed by atoms with Crippen molar-refractivity contribution in [2.24, 2.45) is 0 Å². The fraction of sp³-hybridized carbons (Fsp3) is 0.400. The zero-order valence-electron chi connectivity index (χ0n) is 8.64. The number of carbonyl (C=O) groups is 2. The molecule has 0 aliphatic carbocycles. The first kappa shape index (κ1) is 11.5. The molecule has 0 aliphatic rings. The number of hydrogen-bond acceptors (Lipinski definition) is 4. The Kier molecular flexibility index (Phi) is 3.62. The minimum Gasteiger partial charge on any atom is -0.467 e. The highest BCUT2D eigenvalue weighted by Crippen LogP contribution is 2.16. The molecule has 1 heterocycles. The summed E-state index contributed by atoms with van der Waals surface area (Å²) in [5, 5.41) is 9.04. The van der Waals surface area contributed by atoms with Crippen LogP contribution in [0.3, 0.4) is 0 Å². The van der Waals surface area contributed by atoms with Crippen LogP contribution in [-0.4, -0.2) is 29.0 Å². The van der Waals surface area contributed by atoms with Gasteiger partial charge >= 0.3 is 5.97 Å². The van der Waals surface area contributed by atoms with Gasteiger partial charge in [-0.2, -0.15) is 0 Å². The Bertz CT molecular complexity index is 369. The average molecular weight is 211 g/mol. The zero-order chi connectivity index (χ0) is 11.4. The van der Waals surface area contributed by atoms with Crippen molar-refractivity contribution in [3.63, 3.8) is 0 Å². The molecule has 1 aromatic heterocycles. The molecule has 0 aliphatic heterocycles. The first-order valence-corrected chi connectivity index (χ1v) is 4.49. The van der Waals surface area contributed by atoms with Gasteiger partial charge in [-0.05, 0) is 19.1 Å². The van der Waals surface area contributed by atoms with E-state index in [9.17, 15) is 9.59 Å². The number of aromatic nitrogens is 1. The van der Waals surface area contributed by atoms with E-state index in [4.69, 9.17) is 5.11 Å². The molecule has 5 nitrogen and oxygen atoms in total. The Hall–Kier alpha value is -1.62. The highest BCUT2D eigenvalue weighted by atomic mass is 16.5. The van der Waals surface area contributed by atoms with Gasteiger partial charge in [0.15, 0.2) is 6.29 Å². The Morgan fingerprint density at radius 1 is 1.67 bits per heavy atom. The highest BCUT2D eigenvalue weighted by molar-refractivity contribution is 5.78.